The van der Waals surface area contributed by atoms with Gasteiger partial charge in [0.1, 0.15) is 11.6 Å². The molecule has 2 N–H and O–H groups in total. The lowest BCUT2D eigenvalue weighted by Gasteiger charge is -2.29. The third-order valence-corrected chi connectivity index (χ3v) is 5.56. The lowest BCUT2D eigenvalue weighted by molar-refractivity contribution is 0.255. The van der Waals surface area contributed by atoms with Gasteiger partial charge in [0, 0.05) is 31.5 Å². The van der Waals surface area contributed by atoms with Crippen molar-refractivity contribution in [1.82, 2.24) is 25.5 Å². The van der Waals surface area contributed by atoms with Crippen LogP contribution in [0.25, 0.3) is 5.57 Å². The Morgan fingerprint density at radius 3 is 2.59 bits per heavy atom. The monoisotopic (exact) mass is 431 g/mol. The molecule has 32 heavy (non-hydrogen) atoms. The van der Waals surface area contributed by atoms with Gasteiger partial charge in [0.2, 0.25) is 5.82 Å². The highest BCUT2D eigenvalue weighted by Crippen LogP contribution is 2.33. The van der Waals surface area contributed by atoms with Gasteiger partial charge in [-0.05, 0) is 59.0 Å². The molecule has 0 atom stereocenters. The van der Waals surface area contributed by atoms with Gasteiger partial charge in [-0.1, -0.05) is 12.1 Å². The summed E-state index contributed by atoms with van der Waals surface area (Å²) in [6, 6.07) is 14.5. The van der Waals surface area contributed by atoms with E-state index in [1.54, 1.807) is 20.4 Å². The van der Waals surface area contributed by atoms with Crippen LogP contribution in [0.15, 0.2) is 42.6 Å². The first-order chi connectivity index (χ1) is 15.7. The lowest BCUT2D eigenvalue weighted by Crippen LogP contribution is -2.32. The van der Waals surface area contributed by atoms with E-state index >= 15 is 0 Å². The molecule has 3 aromatic rings. The van der Waals surface area contributed by atoms with Gasteiger partial charge >= 0.3 is 0 Å². The number of tetrazole rings is 1. The summed E-state index contributed by atoms with van der Waals surface area (Å²) in [5, 5.41) is 25.8. The van der Waals surface area contributed by atoms with Crippen molar-refractivity contribution in [2.75, 3.05) is 32.6 Å². The molecule has 0 bridgehead atoms. The number of aromatic amines is 1. The minimum absolute atomic E-state index is 0.260. The van der Waals surface area contributed by atoms with Crippen LogP contribution in [0.1, 0.15) is 22.5 Å². The van der Waals surface area contributed by atoms with Crippen LogP contribution < -0.4 is 14.8 Å². The normalized spacial score (nSPS) is 13.8. The maximum Gasteiger partial charge on any atom is 0.216 e. The third kappa shape index (κ3) is 4.87. The van der Waals surface area contributed by atoms with Crippen molar-refractivity contribution in [3.05, 3.63) is 65.1 Å². The molecular formula is C23H25N7O2. The molecule has 2 heterocycles. The number of hydrogen-bond acceptors (Lipinski definition) is 8. The third-order valence-electron chi connectivity index (χ3n) is 5.56. The Morgan fingerprint density at radius 1 is 1.19 bits per heavy atom. The molecule has 9 nitrogen and oxygen atoms in total. The first-order valence-electron chi connectivity index (χ1n) is 10.4. The highest BCUT2D eigenvalue weighted by atomic mass is 16.5. The standard InChI is InChI=1S/C23H25N7O2/c1-31-21-11-17-8-10-30(15-18(17)12-22(21)32-2)9-7-16-3-5-20(6-4-16)25-14-19(13-24)23-26-28-29-27-23/h3-6,11-12,14,25H,7-10,15H2,1-2H3,(H,26,27,28,29). The molecule has 1 aliphatic rings. The zero-order chi connectivity index (χ0) is 22.3. The summed E-state index contributed by atoms with van der Waals surface area (Å²) in [5.74, 6) is 1.84. The summed E-state index contributed by atoms with van der Waals surface area (Å²) in [7, 11) is 3.35. The Bertz CT molecular complexity index is 1120. The second-order valence-electron chi connectivity index (χ2n) is 7.50. The zero-order valence-corrected chi connectivity index (χ0v) is 18.1. The molecule has 0 aliphatic carbocycles. The minimum atomic E-state index is 0.260. The van der Waals surface area contributed by atoms with Crippen LogP contribution >= 0.6 is 0 Å². The summed E-state index contributed by atoms with van der Waals surface area (Å²) in [6.07, 6.45) is 3.55. The maximum atomic E-state index is 9.23. The highest BCUT2D eigenvalue weighted by Gasteiger charge is 2.19. The number of ether oxygens (including phenoxy) is 2. The van der Waals surface area contributed by atoms with Crippen molar-refractivity contribution in [2.45, 2.75) is 19.4 Å². The molecule has 4 rings (SSSR count). The number of H-pyrrole nitrogens is 1. The largest absolute Gasteiger partial charge is 0.493 e. The number of fused-ring (bicyclic) bond motifs is 1. The summed E-state index contributed by atoms with van der Waals surface area (Å²) < 4.78 is 10.9. The van der Waals surface area contributed by atoms with Crippen molar-refractivity contribution < 1.29 is 9.47 Å². The summed E-state index contributed by atoms with van der Waals surface area (Å²) in [4.78, 5) is 2.47. The lowest BCUT2D eigenvalue weighted by atomic mass is 9.98. The second-order valence-corrected chi connectivity index (χ2v) is 7.50. The van der Waals surface area contributed by atoms with Gasteiger partial charge < -0.3 is 14.8 Å². The number of allylic oxidation sites excluding steroid dienone is 1. The Labute approximate surface area is 186 Å². The fourth-order valence-corrected chi connectivity index (χ4v) is 3.77. The summed E-state index contributed by atoms with van der Waals surface area (Å²) in [6.45, 7) is 2.92. The average molecular weight is 432 g/mol. The first-order valence-corrected chi connectivity index (χ1v) is 10.4. The van der Waals surface area contributed by atoms with Gasteiger partial charge in [0.15, 0.2) is 11.5 Å². The Kier molecular flexibility index (Phi) is 6.63. The molecule has 0 fully saturated rings. The van der Waals surface area contributed by atoms with Gasteiger partial charge in [0.25, 0.3) is 0 Å². The molecule has 0 unspecified atom stereocenters. The van der Waals surface area contributed by atoms with Crippen LogP contribution in [0, 0.1) is 11.3 Å². The van der Waals surface area contributed by atoms with Gasteiger partial charge in [-0.3, -0.25) is 4.90 Å². The van der Waals surface area contributed by atoms with E-state index in [-0.39, 0.29) is 5.82 Å². The van der Waals surface area contributed by atoms with E-state index in [1.807, 2.05) is 12.1 Å². The van der Waals surface area contributed by atoms with Crippen LogP contribution in [-0.2, 0) is 19.4 Å². The van der Waals surface area contributed by atoms with E-state index in [9.17, 15) is 5.26 Å². The molecule has 0 saturated heterocycles. The summed E-state index contributed by atoms with van der Waals surface area (Å²) in [5.41, 5.74) is 5.09. The van der Waals surface area contributed by atoms with E-state index in [4.69, 9.17) is 9.47 Å². The fraction of sp³-hybridized carbons (Fsp3) is 0.304. The SMILES string of the molecule is COc1cc2c(cc1OC)CN(CCc1ccc(NC=C(C#N)c3nn[nH]n3)cc1)CC2. The number of hydrogen-bond donors (Lipinski definition) is 2. The van der Waals surface area contributed by atoms with Crippen molar-refractivity contribution in [1.29, 1.82) is 5.26 Å². The predicted molar refractivity (Wildman–Crippen MR) is 120 cm³/mol. The molecule has 0 spiro atoms. The smallest absolute Gasteiger partial charge is 0.216 e. The van der Waals surface area contributed by atoms with Gasteiger partial charge in [-0.2, -0.15) is 10.5 Å². The van der Waals surface area contributed by atoms with E-state index < -0.39 is 0 Å². The number of benzene rings is 2. The average Bonchev–Trinajstić information content (AvgIpc) is 3.37. The minimum Gasteiger partial charge on any atom is -0.493 e. The first kappa shape index (κ1) is 21.3. The van der Waals surface area contributed by atoms with Gasteiger partial charge in [0.05, 0.1) is 14.2 Å². The molecule has 164 valence electrons. The van der Waals surface area contributed by atoms with Crippen molar-refractivity contribution in [3.8, 4) is 17.6 Å². The number of nitrogens with one attached hydrogen (secondary N) is 2. The molecule has 0 saturated carbocycles. The molecule has 1 aromatic heterocycles. The number of anilines is 1. The summed E-state index contributed by atoms with van der Waals surface area (Å²) >= 11 is 0. The van der Waals surface area contributed by atoms with Crippen LogP contribution in [0.3, 0.4) is 0 Å². The fourth-order valence-electron chi connectivity index (χ4n) is 3.77. The van der Waals surface area contributed by atoms with Crippen molar-refractivity contribution in [2.24, 2.45) is 0 Å². The second kappa shape index (κ2) is 9.94. The molecule has 0 radical (unpaired) electrons. The number of aromatic nitrogens is 4. The van der Waals surface area contributed by atoms with Crippen molar-refractivity contribution >= 4 is 11.3 Å². The van der Waals surface area contributed by atoms with E-state index in [2.05, 4.69) is 61.2 Å². The number of rotatable bonds is 8. The zero-order valence-electron chi connectivity index (χ0n) is 18.1. The van der Waals surface area contributed by atoms with Crippen LogP contribution in [0.4, 0.5) is 5.69 Å². The molecule has 0 amide bonds. The van der Waals surface area contributed by atoms with E-state index in [0.29, 0.717) is 5.57 Å². The van der Waals surface area contributed by atoms with E-state index in [1.165, 1.54) is 16.7 Å². The van der Waals surface area contributed by atoms with Crippen molar-refractivity contribution in [3.63, 3.8) is 0 Å². The topological polar surface area (TPSA) is 112 Å². The predicted octanol–water partition coefficient (Wildman–Crippen LogP) is 2.79. The molecular weight excluding hydrogens is 406 g/mol. The Morgan fingerprint density at radius 2 is 1.94 bits per heavy atom. The maximum absolute atomic E-state index is 9.23. The number of nitrogens with zero attached hydrogens (tertiary/aromatic N) is 5. The Balaban J connectivity index is 1.33. The highest BCUT2D eigenvalue weighted by molar-refractivity contribution is 5.74. The van der Waals surface area contributed by atoms with Gasteiger partial charge in [-0.25, -0.2) is 0 Å². The van der Waals surface area contributed by atoms with Crippen LogP contribution in [0.2, 0.25) is 0 Å². The molecule has 1 aliphatic heterocycles. The van der Waals surface area contributed by atoms with Crippen LogP contribution in [-0.4, -0.2) is 52.8 Å². The Hall–Kier alpha value is -3.90. The molecule has 9 heteroatoms. The number of nitriles is 1. The van der Waals surface area contributed by atoms with Crippen LogP contribution in [0.5, 0.6) is 11.5 Å². The van der Waals surface area contributed by atoms with E-state index in [0.717, 1.165) is 49.7 Å². The quantitative estimate of drug-likeness (QED) is 0.524. The van der Waals surface area contributed by atoms with Gasteiger partial charge in [-0.15, -0.1) is 10.2 Å². The number of methoxy groups -OCH3 is 2. The molecule has 2 aromatic carbocycles.